The van der Waals surface area contributed by atoms with E-state index in [1.807, 2.05) is 0 Å². The first kappa shape index (κ1) is 23.3. The fraction of sp³-hybridized carbons (Fsp3) is 0.304. The number of aromatic nitrogens is 2. The van der Waals surface area contributed by atoms with Crippen LogP contribution in [0, 0.1) is 5.82 Å². The molecule has 1 fully saturated rings. The second-order valence-corrected chi connectivity index (χ2v) is 8.56. The maximum absolute atomic E-state index is 15.0. The van der Waals surface area contributed by atoms with Crippen LogP contribution in [-0.4, -0.2) is 52.2 Å². The molecule has 12 heteroatoms. The van der Waals surface area contributed by atoms with Gasteiger partial charge in [-0.1, -0.05) is 23.7 Å². The topological polar surface area (TPSA) is 97.6 Å². The largest absolute Gasteiger partial charge is 0.415 e. The van der Waals surface area contributed by atoms with Crippen molar-refractivity contribution in [3.63, 3.8) is 0 Å². The van der Waals surface area contributed by atoms with Gasteiger partial charge in [-0.3, -0.25) is 9.59 Å². The van der Waals surface area contributed by atoms with Gasteiger partial charge in [0.1, 0.15) is 5.82 Å². The van der Waals surface area contributed by atoms with Crippen LogP contribution in [0.25, 0.3) is 11.5 Å². The van der Waals surface area contributed by atoms with Crippen LogP contribution in [0.3, 0.4) is 0 Å². The van der Waals surface area contributed by atoms with Gasteiger partial charge in [0.25, 0.3) is 17.7 Å². The first-order chi connectivity index (χ1) is 16.8. The van der Waals surface area contributed by atoms with Crippen LogP contribution >= 0.6 is 11.6 Å². The molecule has 0 aliphatic carbocycles. The molecule has 2 amide bonds. The Balaban J connectivity index is 1.39. The fourth-order valence-electron chi connectivity index (χ4n) is 4.31. The van der Waals surface area contributed by atoms with Crippen LogP contribution in [0.15, 0.2) is 40.8 Å². The van der Waals surface area contributed by atoms with Gasteiger partial charge in [0.05, 0.1) is 35.8 Å². The van der Waals surface area contributed by atoms with Crippen LogP contribution in [0.1, 0.15) is 45.0 Å². The lowest BCUT2D eigenvalue weighted by molar-refractivity contribution is 0.00115. The maximum Gasteiger partial charge on any atom is 0.314 e. The number of nitrogens with one attached hydrogen (secondary N) is 1. The second-order valence-electron chi connectivity index (χ2n) is 8.15. The van der Waals surface area contributed by atoms with Crippen LogP contribution in [-0.2, 0) is 11.3 Å². The van der Waals surface area contributed by atoms with E-state index < -0.39 is 42.0 Å². The standard InChI is InChI=1S/C23H18ClF3N4O4/c24-15-4-2-1-3-12(15)20(32)28-17-5-6-34-10-18(17)31-9-14-13(23(31)33)7-11(8-16(14)25)21-29-30-22(35-21)19(26)27/h1-4,7-8,17-19H,5-6,9-10H2,(H,28,32)/t17-,18-/m1/s1. The van der Waals surface area contributed by atoms with Gasteiger partial charge in [0.2, 0.25) is 5.89 Å². The Morgan fingerprint density at radius 1 is 1.23 bits per heavy atom. The van der Waals surface area contributed by atoms with Gasteiger partial charge < -0.3 is 19.4 Å². The maximum atomic E-state index is 15.0. The van der Waals surface area contributed by atoms with Crippen molar-refractivity contribution in [3.8, 4) is 11.5 Å². The van der Waals surface area contributed by atoms with E-state index in [-0.39, 0.29) is 35.7 Å². The summed E-state index contributed by atoms with van der Waals surface area (Å²) in [5.41, 5.74) is 0.515. The molecule has 3 aromatic rings. The summed E-state index contributed by atoms with van der Waals surface area (Å²) < 4.78 is 51.0. The second kappa shape index (κ2) is 9.31. The van der Waals surface area contributed by atoms with Crippen LogP contribution < -0.4 is 5.32 Å². The highest BCUT2D eigenvalue weighted by molar-refractivity contribution is 6.33. The number of carbonyl (C=O) groups excluding carboxylic acids is 2. The lowest BCUT2D eigenvalue weighted by Gasteiger charge is -2.38. The van der Waals surface area contributed by atoms with E-state index in [1.165, 1.54) is 11.0 Å². The minimum Gasteiger partial charge on any atom is -0.415 e. The molecular formula is C23H18ClF3N4O4. The molecule has 1 aromatic heterocycles. The van der Waals surface area contributed by atoms with Gasteiger partial charge in [-0.25, -0.2) is 4.39 Å². The Morgan fingerprint density at radius 2 is 2.03 bits per heavy atom. The molecular weight excluding hydrogens is 489 g/mol. The van der Waals surface area contributed by atoms with E-state index in [2.05, 4.69) is 15.5 Å². The highest BCUT2D eigenvalue weighted by atomic mass is 35.5. The molecule has 1 saturated heterocycles. The lowest BCUT2D eigenvalue weighted by Crippen LogP contribution is -2.56. The third-order valence-corrected chi connectivity index (χ3v) is 6.38. The summed E-state index contributed by atoms with van der Waals surface area (Å²) >= 11 is 6.14. The summed E-state index contributed by atoms with van der Waals surface area (Å²) in [7, 11) is 0. The van der Waals surface area contributed by atoms with Gasteiger partial charge in [-0.15, -0.1) is 10.2 Å². The summed E-state index contributed by atoms with van der Waals surface area (Å²) in [6.07, 6.45) is -2.54. The van der Waals surface area contributed by atoms with E-state index in [9.17, 15) is 22.8 Å². The molecule has 0 spiro atoms. The Labute approximate surface area is 202 Å². The number of halogens is 4. The van der Waals surface area contributed by atoms with Crippen molar-refractivity contribution in [2.75, 3.05) is 13.2 Å². The molecule has 0 bridgehead atoms. The lowest BCUT2D eigenvalue weighted by atomic mass is 10.0. The molecule has 2 aliphatic rings. The number of nitrogens with zero attached hydrogens (tertiary/aromatic N) is 3. The van der Waals surface area contributed by atoms with E-state index in [4.69, 9.17) is 20.8 Å². The van der Waals surface area contributed by atoms with Crippen molar-refractivity contribution >= 4 is 23.4 Å². The van der Waals surface area contributed by atoms with E-state index >= 15 is 0 Å². The number of fused-ring (bicyclic) bond motifs is 1. The Bertz CT molecular complexity index is 1300. The average molecular weight is 507 g/mol. The van der Waals surface area contributed by atoms with E-state index in [1.54, 1.807) is 24.3 Å². The quantitative estimate of drug-likeness (QED) is 0.561. The van der Waals surface area contributed by atoms with Gasteiger partial charge in [0.15, 0.2) is 0 Å². The predicted octanol–water partition coefficient (Wildman–Crippen LogP) is 4.01. The molecule has 182 valence electrons. The van der Waals surface area contributed by atoms with Crippen LogP contribution in [0.4, 0.5) is 13.2 Å². The molecule has 8 nitrogen and oxygen atoms in total. The average Bonchev–Trinajstić information content (AvgIpc) is 3.46. The number of carbonyl (C=O) groups is 2. The van der Waals surface area contributed by atoms with E-state index in [0.29, 0.717) is 23.6 Å². The molecule has 35 heavy (non-hydrogen) atoms. The van der Waals surface area contributed by atoms with Crippen molar-refractivity contribution in [1.82, 2.24) is 20.4 Å². The molecule has 1 N–H and O–H groups in total. The molecule has 2 atom stereocenters. The number of amides is 2. The highest BCUT2D eigenvalue weighted by Crippen LogP contribution is 2.34. The highest BCUT2D eigenvalue weighted by Gasteiger charge is 2.41. The smallest absolute Gasteiger partial charge is 0.314 e. The number of alkyl halides is 2. The normalized spacial score (nSPS) is 19.8. The van der Waals surface area contributed by atoms with Gasteiger partial charge in [0, 0.05) is 23.3 Å². The molecule has 2 aromatic carbocycles. The number of hydrogen-bond acceptors (Lipinski definition) is 6. The van der Waals surface area contributed by atoms with Crippen molar-refractivity contribution in [1.29, 1.82) is 0 Å². The molecule has 0 radical (unpaired) electrons. The molecule has 0 saturated carbocycles. The first-order valence-corrected chi connectivity index (χ1v) is 11.1. The van der Waals surface area contributed by atoms with Crippen molar-refractivity contribution in [3.05, 3.63) is 69.8 Å². The van der Waals surface area contributed by atoms with Crippen molar-refractivity contribution in [2.45, 2.75) is 31.5 Å². The fourth-order valence-corrected chi connectivity index (χ4v) is 4.53. The van der Waals surface area contributed by atoms with Gasteiger partial charge in [-0.2, -0.15) is 8.78 Å². The zero-order valence-electron chi connectivity index (χ0n) is 18.0. The van der Waals surface area contributed by atoms with Crippen LogP contribution in [0.2, 0.25) is 5.02 Å². The van der Waals surface area contributed by atoms with E-state index in [0.717, 1.165) is 6.07 Å². The van der Waals surface area contributed by atoms with Crippen LogP contribution in [0.5, 0.6) is 0 Å². The minimum absolute atomic E-state index is 0.0133. The number of hydrogen-bond donors (Lipinski definition) is 1. The number of benzene rings is 2. The Morgan fingerprint density at radius 3 is 2.77 bits per heavy atom. The third kappa shape index (κ3) is 4.37. The third-order valence-electron chi connectivity index (χ3n) is 6.05. The van der Waals surface area contributed by atoms with Gasteiger partial charge >= 0.3 is 6.43 Å². The predicted molar refractivity (Wildman–Crippen MR) is 116 cm³/mol. The SMILES string of the molecule is O=C(N[C@@H]1CCOC[C@H]1N1Cc2c(F)cc(-c3nnc(C(F)F)o3)cc2C1=O)c1ccccc1Cl. The van der Waals surface area contributed by atoms with Crippen molar-refractivity contribution < 1.29 is 31.9 Å². The van der Waals surface area contributed by atoms with Gasteiger partial charge in [-0.05, 0) is 30.7 Å². The Kier molecular flexibility index (Phi) is 6.20. The molecule has 2 aliphatic heterocycles. The molecule has 5 rings (SSSR count). The Hall–Kier alpha value is -3.44. The summed E-state index contributed by atoms with van der Waals surface area (Å²) in [6.45, 7) is 0.475. The summed E-state index contributed by atoms with van der Waals surface area (Å²) in [5, 5.41) is 9.98. The summed E-state index contributed by atoms with van der Waals surface area (Å²) in [6, 6.07) is 7.98. The molecule has 3 heterocycles. The summed E-state index contributed by atoms with van der Waals surface area (Å²) in [4.78, 5) is 27.5. The summed E-state index contributed by atoms with van der Waals surface area (Å²) in [5.74, 6) is -2.80. The number of ether oxygens (including phenoxy) is 1. The van der Waals surface area contributed by atoms with Crippen molar-refractivity contribution in [2.24, 2.45) is 0 Å². The molecule has 0 unspecified atom stereocenters. The zero-order valence-corrected chi connectivity index (χ0v) is 18.8. The number of rotatable bonds is 5. The first-order valence-electron chi connectivity index (χ1n) is 10.7. The monoisotopic (exact) mass is 506 g/mol. The minimum atomic E-state index is -2.98. The zero-order chi connectivity index (χ0) is 24.7.